The fraction of sp³-hybridized carbons (Fsp3) is 0.227. The summed E-state index contributed by atoms with van der Waals surface area (Å²) in [5, 5.41) is 6.26. The molecule has 0 atom stereocenters. The maximum Gasteiger partial charge on any atom is 0.339 e. The number of hydrogen-bond acceptors (Lipinski definition) is 5. The molecule has 0 saturated heterocycles. The third-order valence-electron chi connectivity index (χ3n) is 4.59. The highest BCUT2D eigenvalue weighted by atomic mass is 16.5. The Kier molecular flexibility index (Phi) is 5.97. The van der Waals surface area contributed by atoms with Gasteiger partial charge in [0.15, 0.2) is 0 Å². The number of carbonyl (C=O) groups is 2. The van der Waals surface area contributed by atoms with E-state index >= 15 is 0 Å². The number of anilines is 2. The maximum atomic E-state index is 12.4. The number of benzene rings is 2. The molecule has 1 heterocycles. The summed E-state index contributed by atoms with van der Waals surface area (Å²) in [6.45, 7) is 3.28. The highest BCUT2D eigenvalue weighted by Crippen LogP contribution is 2.24. The fourth-order valence-electron chi connectivity index (χ4n) is 3.09. The summed E-state index contributed by atoms with van der Waals surface area (Å²) in [6, 6.07) is 12.1. The second kappa shape index (κ2) is 8.60. The van der Waals surface area contributed by atoms with E-state index in [0.29, 0.717) is 28.3 Å². The fourth-order valence-corrected chi connectivity index (χ4v) is 3.09. The average Bonchev–Trinajstić information content (AvgIpc) is 2.68. The van der Waals surface area contributed by atoms with Gasteiger partial charge in [0, 0.05) is 41.7 Å². The first kappa shape index (κ1) is 20.1. The highest BCUT2D eigenvalue weighted by molar-refractivity contribution is 5.92. The van der Waals surface area contributed by atoms with E-state index in [2.05, 4.69) is 10.6 Å². The van der Waals surface area contributed by atoms with Gasteiger partial charge in [-0.2, -0.15) is 0 Å². The number of amides is 2. The van der Waals surface area contributed by atoms with Crippen molar-refractivity contribution >= 4 is 34.2 Å². The number of rotatable bonds is 6. The van der Waals surface area contributed by atoms with Crippen LogP contribution >= 0.6 is 0 Å². The van der Waals surface area contributed by atoms with E-state index in [9.17, 15) is 14.4 Å². The molecule has 0 saturated carbocycles. The van der Waals surface area contributed by atoms with Gasteiger partial charge in [-0.05, 0) is 55.3 Å². The molecule has 7 nitrogen and oxygen atoms in total. The zero-order valence-electron chi connectivity index (χ0n) is 16.5. The molecule has 1 aromatic heterocycles. The first-order valence-electron chi connectivity index (χ1n) is 9.15. The molecule has 150 valence electrons. The Labute approximate surface area is 167 Å². The van der Waals surface area contributed by atoms with Gasteiger partial charge in [0.05, 0.1) is 7.11 Å². The summed E-state index contributed by atoms with van der Waals surface area (Å²) in [4.78, 5) is 35.7. The zero-order valence-corrected chi connectivity index (χ0v) is 16.5. The van der Waals surface area contributed by atoms with Crippen molar-refractivity contribution in [3.63, 3.8) is 0 Å². The van der Waals surface area contributed by atoms with Gasteiger partial charge < -0.3 is 19.8 Å². The molecule has 0 aliphatic carbocycles. The van der Waals surface area contributed by atoms with E-state index in [1.165, 1.54) is 6.92 Å². The van der Waals surface area contributed by atoms with Gasteiger partial charge in [-0.3, -0.25) is 9.59 Å². The molecule has 0 aliphatic heterocycles. The second-order valence-electron chi connectivity index (χ2n) is 6.66. The van der Waals surface area contributed by atoms with Crippen molar-refractivity contribution in [1.29, 1.82) is 0 Å². The molecule has 0 spiro atoms. The van der Waals surface area contributed by atoms with Gasteiger partial charge >= 0.3 is 5.63 Å². The molecular formula is C22H22N2O5. The summed E-state index contributed by atoms with van der Waals surface area (Å²) in [6.07, 6.45) is 0.409. The second-order valence-corrected chi connectivity index (χ2v) is 6.66. The van der Waals surface area contributed by atoms with Crippen LogP contribution in [0.4, 0.5) is 11.4 Å². The van der Waals surface area contributed by atoms with Crippen LogP contribution in [-0.2, 0) is 16.0 Å². The number of aryl methyl sites for hydroxylation is 1. The Bertz CT molecular complexity index is 1120. The number of fused-ring (bicyclic) bond motifs is 1. The van der Waals surface area contributed by atoms with Crippen LogP contribution in [0.3, 0.4) is 0 Å². The van der Waals surface area contributed by atoms with Gasteiger partial charge in [0.2, 0.25) is 11.8 Å². The number of nitrogens with one attached hydrogen (secondary N) is 2. The van der Waals surface area contributed by atoms with E-state index in [0.717, 1.165) is 10.9 Å². The lowest BCUT2D eigenvalue weighted by Gasteiger charge is -2.10. The SMILES string of the molecule is COc1ccc2c(C)c(CCC(=O)Nc3ccc(NC(C)=O)cc3)c(=O)oc2c1. The van der Waals surface area contributed by atoms with E-state index < -0.39 is 5.63 Å². The minimum absolute atomic E-state index is 0.140. The van der Waals surface area contributed by atoms with E-state index in [1.54, 1.807) is 43.5 Å². The lowest BCUT2D eigenvalue weighted by molar-refractivity contribution is -0.116. The number of hydrogen-bond donors (Lipinski definition) is 2. The molecule has 3 aromatic rings. The van der Waals surface area contributed by atoms with Crippen molar-refractivity contribution in [2.45, 2.75) is 26.7 Å². The van der Waals surface area contributed by atoms with Crippen LogP contribution in [0.1, 0.15) is 24.5 Å². The Balaban J connectivity index is 1.69. The van der Waals surface area contributed by atoms with Crippen LogP contribution in [0.15, 0.2) is 51.7 Å². The first-order valence-corrected chi connectivity index (χ1v) is 9.15. The lowest BCUT2D eigenvalue weighted by Crippen LogP contribution is -2.16. The average molecular weight is 394 g/mol. The summed E-state index contributed by atoms with van der Waals surface area (Å²) in [7, 11) is 1.55. The minimum atomic E-state index is -0.448. The molecule has 2 aromatic carbocycles. The monoisotopic (exact) mass is 394 g/mol. The normalized spacial score (nSPS) is 10.6. The van der Waals surface area contributed by atoms with Gasteiger partial charge in [0.1, 0.15) is 11.3 Å². The topological polar surface area (TPSA) is 97.6 Å². The van der Waals surface area contributed by atoms with Gasteiger partial charge in [-0.15, -0.1) is 0 Å². The third-order valence-corrected chi connectivity index (χ3v) is 4.59. The highest BCUT2D eigenvalue weighted by Gasteiger charge is 2.14. The Morgan fingerprint density at radius 3 is 2.31 bits per heavy atom. The largest absolute Gasteiger partial charge is 0.497 e. The van der Waals surface area contributed by atoms with Gasteiger partial charge in [-0.25, -0.2) is 4.79 Å². The van der Waals surface area contributed by atoms with Crippen LogP contribution in [-0.4, -0.2) is 18.9 Å². The Hall–Kier alpha value is -3.61. The van der Waals surface area contributed by atoms with Crippen molar-refractivity contribution in [1.82, 2.24) is 0 Å². The van der Waals surface area contributed by atoms with E-state index in [4.69, 9.17) is 9.15 Å². The molecule has 0 unspecified atom stereocenters. The van der Waals surface area contributed by atoms with Crippen LogP contribution < -0.4 is 21.0 Å². The molecule has 2 N–H and O–H groups in total. The van der Waals surface area contributed by atoms with Gasteiger partial charge in [-0.1, -0.05) is 0 Å². The van der Waals surface area contributed by atoms with Crippen LogP contribution in [0.2, 0.25) is 0 Å². The smallest absolute Gasteiger partial charge is 0.339 e. The van der Waals surface area contributed by atoms with Crippen LogP contribution in [0.5, 0.6) is 5.75 Å². The molecule has 2 amide bonds. The molecule has 0 radical (unpaired) electrons. The van der Waals surface area contributed by atoms with Crippen molar-refractivity contribution < 1.29 is 18.7 Å². The predicted molar refractivity (Wildman–Crippen MR) is 111 cm³/mol. The third kappa shape index (κ3) is 4.82. The van der Waals surface area contributed by atoms with Gasteiger partial charge in [0.25, 0.3) is 0 Å². The molecule has 29 heavy (non-hydrogen) atoms. The molecular weight excluding hydrogens is 372 g/mol. The van der Waals surface area contributed by atoms with Crippen LogP contribution in [0.25, 0.3) is 11.0 Å². The van der Waals surface area contributed by atoms with Crippen molar-refractivity contribution in [3.05, 3.63) is 64.0 Å². The molecule has 3 rings (SSSR count). The number of carbonyl (C=O) groups excluding carboxylic acids is 2. The van der Waals surface area contributed by atoms with E-state index in [1.807, 2.05) is 13.0 Å². The Morgan fingerprint density at radius 2 is 1.69 bits per heavy atom. The van der Waals surface area contributed by atoms with Crippen molar-refractivity contribution in [2.75, 3.05) is 17.7 Å². The quantitative estimate of drug-likeness (QED) is 0.622. The van der Waals surface area contributed by atoms with Crippen molar-refractivity contribution in [3.8, 4) is 5.75 Å². The summed E-state index contributed by atoms with van der Waals surface area (Å²) >= 11 is 0. The summed E-state index contributed by atoms with van der Waals surface area (Å²) in [5.74, 6) is 0.229. The van der Waals surface area contributed by atoms with Crippen LogP contribution in [0, 0.1) is 6.92 Å². The first-order chi connectivity index (χ1) is 13.9. The Morgan fingerprint density at radius 1 is 1.03 bits per heavy atom. The standard InChI is InChI=1S/C22H22N2O5/c1-13-18-9-8-17(28-3)12-20(18)29-22(27)19(13)10-11-21(26)24-16-6-4-15(5-7-16)23-14(2)25/h4-9,12H,10-11H2,1-3H3,(H,23,25)(H,24,26). The predicted octanol–water partition coefficient (Wildman–Crippen LogP) is 3.64. The number of methoxy groups -OCH3 is 1. The van der Waals surface area contributed by atoms with Crippen molar-refractivity contribution in [2.24, 2.45) is 0 Å². The maximum absolute atomic E-state index is 12.4. The summed E-state index contributed by atoms with van der Waals surface area (Å²) < 4.78 is 10.6. The zero-order chi connectivity index (χ0) is 21.0. The minimum Gasteiger partial charge on any atom is -0.497 e. The molecule has 0 bridgehead atoms. The summed E-state index contributed by atoms with van der Waals surface area (Å²) in [5.41, 5.74) is 2.55. The lowest BCUT2D eigenvalue weighted by atomic mass is 10.0. The van der Waals surface area contributed by atoms with E-state index in [-0.39, 0.29) is 24.7 Å². The molecule has 0 aliphatic rings. The molecule has 7 heteroatoms. The number of ether oxygens (including phenoxy) is 1. The molecule has 0 fully saturated rings.